The van der Waals surface area contributed by atoms with E-state index in [9.17, 15) is 9.18 Å². The van der Waals surface area contributed by atoms with E-state index in [1.807, 2.05) is 0 Å². The molecule has 21 heavy (non-hydrogen) atoms. The van der Waals surface area contributed by atoms with Crippen molar-refractivity contribution < 1.29 is 14.3 Å². The molecule has 1 saturated carbocycles. The van der Waals surface area contributed by atoms with Crippen molar-refractivity contribution in [3.05, 3.63) is 29.6 Å². The molecule has 5 heteroatoms. The van der Waals surface area contributed by atoms with Crippen LogP contribution in [0.5, 0.6) is 5.75 Å². The number of phenolic OH excluding ortho intramolecular Hbond substituents is 1. The smallest absolute Gasteiger partial charge is 0.254 e. The molecular weight excluding hydrogens is 271 g/mol. The summed E-state index contributed by atoms with van der Waals surface area (Å²) >= 11 is 0. The fourth-order valence-corrected chi connectivity index (χ4v) is 2.74. The van der Waals surface area contributed by atoms with Gasteiger partial charge in [-0.1, -0.05) is 6.92 Å². The molecule has 4 nitrogen and oxygen atoms in total. The third-order valence-corrected chi connectivity index (χ3v) is 3.94. The van der Waals surface area contributed by atoms with E-state index in [-0.39, 0.29) is 17.4 Å². The molecule has 1 aliphatic carbocycles. The number of hydrogen-bond donors (Lipinski definition) is 3. The van der Waals surface area contributed by atoms with E-state index < -0.39 is 11.7 Å². The topological polar surface area (TPSA) is 61.4 Å². The van der Waals surface area contributed by atoms with Crippen LogP contribution < -0.4 is 10.6 Å². The van der Waals surface area contributed by atoms with Gasteiger partial charge >= 0.3 is 0 Å². The highest BCUT2D eigenvalue weighted by atomic mass is 19.1. The number of benzene rings is 1. The van der Waals surface area contributed by atoms with Crippen LogP contribution in [0.3, 0.4) is 0 Å². The second-order valence-electron chi connectivity index (χ2n) is 5.64. The molecule has 0 heterocycles. The van der Waals surface area contributed by atoms with E-state index in [0.29, 0.717) is 6.04 Å². The van der Waals surface area contributed by atoms with Gasteiger partial charge in [-0.25, -0.2) is 4.39 Å². The Morgan fingerprint density at radius 2 is 1.95 bits per heavy atom. The maximum Gasteiger partial charge on any atom is 0.254 e. The molecule has 1 aromatic rings. The lowest BCUT2D eigenvalue weighted by molar-refractivity contribution is 0.0920. The summed E-state index contributed by atoms with van der Waals surface area (Å²) in [5, 5.41) is 15.5. The number of amides is 1. The number of carbonyl (C=O) groups is 1. The van der Waals surface area contributed by atoms with Gasteiger partial charge in [0.1, 0.15) is 11.6 Å². The molecule has 0 spiro atoms. The highest BCUT2D eigenvalue weighted by Gasteiger charge is 2.23. The summed E-state index contributed by atoms with van der Waals surface area (Å²) in [4.78, 5) is 12.1. The van der Waals surface area contributed by atoms with Crippen LogP contribution in [0.25, 0.3) is 0 Å². The fraction of sp³-hybridized carbons (Fsp3) is 0.562. The van der Waals surface area contributed by atoms with Gasteiger partial charge in [0.05, 0.1) is 5.56 Å². The summed E-state index contributed by atoms with van der Waals surface area (Å²) < 4.78 is 13.6. The Kier molecular flexibility index (Phi) is 5.56. The predicted octanol–water partition coefficient (Wildman–Crippen LogP) is 2.57. The van der Waals surface area contributed by atoms with Crippen molar-refractivity contribution in [2.45, 2.75) is 51.1 Å². The molecule has 1 aromatic carbocycles. The van der Waals surface area contributed by atoms with E-state index in [4.69, 9.17) is 5.11 Å². The molecule has 3 N–H and O–H groups in total. The Bertz CT molecular complexity index is 485. The number of carbonyl (C=O) groups excluding carboxylic acids is 1. The molecule has 0 unspecified atom stereocenters. The van der Waals surface area contributed by atoms with Gasteiger partial charge in [-0.3, -0.25) is 4.79 Å². The van der Waals surface area contributed by atoms with Crippen molar-refractivity contribution in [2.24, 2.45) is 0 Å². The van der Waals surface area contributed by atoms with Crippen molar-refractivity contribution in [1.29, 1.82) is 0 Å². The van der Waals surface area contributed by atoms with Crippen LogP contribution in [-0.4, -0.2) is 29.6 Å². The summed E-state index contributed by atoms with van der Waals surface area (Å²) in [5.41, 5.74) is -0.0148. The van der Waals surface area contributed by atoms with Crippen LogP contribution >= 0.6 is 0 Å². The number of nitrogens with one attached hydrogen (secondary N) is 2. The minimum absolute atomic E-state index is 0.0148. The van der Waals surface area contributed by atoms with Gasteiger partial charge in [0.25, 0.3) is 5.91 Å². The van der Waals surface area contributed by atoms with Crippen molar-refractivity contribution in [1.82, 2.24) is 10.6 Å². The lowest BCUT2D eigenvalue weighted by Gasteiger charge is -2.29. The second-order valence-corrected chi connectivity index (χ2v) is 5.64. The van der Waals surface area contributed by atoms with E-state index in [1.165, 1.54) is 12.1 Å². The molecular formula is C16H23FN2O2. The van der Waals surface area contributed by atoms with E-state index in [2.05, 4.69) is 17.6 Å². The molecule has 0 bridgehead atoms. The number of phenols is 1. The Hall–Kier alpha value is -1.62. The standard InChI is InChI=1S/C16H23FN2O2/c1-2-9-18-11-3-5-12(6-4-11)19-16(21)14-8-7-13(20)10-15(14)17/h7-8,10-12,18,20H,2-6,9H2,1H3,(H,19,21). The third-order valence-electron chi connectivity index (χ3n) is 3.94. The Morgan fingerprint density at radius 3 is 2.57 bits per heavy atom. The number of halogens is 1. The van der Waals surface area contributed by atoms with Crippen LogP contribution in [0, 0.1) is 5.82 Å². The first-order chi connectivity index (χ1) is 10.1. The molecule has 0 radical (unpaired) electrons. The zero-order valence-electron chi connectivity index (χ0n) is 12.4. The number of rotatable bonds is 5. The average molecular weight is 294 g/mol. The highest BCUT2D eigenvalue weighted by molar-refractivity contribution is 5.94. The summed E-state index contributed by atoms with van der Waals surface area (Å²) in [6.07, 6.45) is 5.00. The van der Waals surface area contributed by atoms with Crippen LogP contribution in [0.15, 0.2) is 18.2 Å². The number of hydrogen-bond acceptors (Lipinski definition) is 3. The maximum absolute atomic E-state index is 13.6. The lowest BCUT2D eigenvalue weighted by Crippen LogP contribution is -2.42. The monoisotopic (exact) mass is 294 g/mol. The predicted molar refractivity (Wildman–Crippen MR) is 79.9 cm³/mol. The van der Waals surface area contributed by atoms with Crippen LogP contribution in [-0.2, 0) is 0 Å². The summed E-state index contributed by atoms with van der Waals surface area (Å²) in [7, 11) is 0. The van der Waals surface area contributed by atoms with Crippen LogP contribution in [0.4, 0.5) is 4.39 Å². The first kappa shape index (κ1) is 15.8. The van der Waals surface area contributed by atoms with Gasteiger partial charge in [0.2, 0.25) is 0 Å². The number of aromatic hydroxyl groups is 1. The van der Waals surface area contributed by atoms with E-state index in [1.54, 1.807) is 0 Å². The van der Waals surface area contributed by atoms with Gasteiger partial charge in [-0.05, 0) is 50.8 Å². The van der Waals surface area contributed by atoms with Crippen molar-refractivity contribution in [3.63, 3.8) is 0 Å². The van der Waals surface area contributed by atoms with Gasteiger partial charge in [-0.15, -0.1) is 0 Å². The lowest BCUT2D eigenvalue weighted by atomic mass is 9.91. The zero-order chi connectivity index (χ0) is 15.2. The summed E-state index contributed by atoms with van der Waals surface area (Å²) in [6, 6.07) is 4.23. The molecule has 116 valence electrons. The van der Waals surface area contributed by atoms with Gasteiger partial charge in [0.15, 0.2) is 0 Å². The van der Waals surface area contributed by atoms with Gasteiger partial charge in [0, 0.05) is 18.2 Å². The minimum atomic E-state index is -0.689. The first-order valence-corrected chi connectivity index (χ1v) is 7.63. The Labute approximate surface area is 124 Å². The van der Waals surface area contributed by atoms with E-state index >= 15 is 0 Å². The molecule has 0 aromatic heterocycles. The zero-order valence-corrected chi connectivity index (χ0v) is 12.4. The maximum atomic E-state index is 13.6. The molecule has 1 amide bonds. The summed E-state index contributed by atoms with van der Waals surface area (Å²) in [5.74, 6) is -1.27. The van der Waals surface area contributed by atoms with Crippen molar-refractivity contribution in [2.75, 3.05) is 6.54 Å². The molecule has 0 aliphatic heterocycles. The fourth-order valence-electron chi connectivity index (χ4n) is 2.74. The molecule has 1 fully saturated rings. The first-order valence-electron chi connectivity index (χ1n) is 7.63. The molecule has 0 atom stereocenters. The van der Waals surface area contributed by atoms with Crippen molar-refractivity contribution in [3.8, 4) is 5.75 Å². The average Bonchev–Trinajstić information content (AvgIpc) is 2.46. The summed E-state index contributed by atoms with van der Waals surface area (Å²) in [6.45, 7) is 3.17. The molecule has 2 rings (SSSR count). The Morgan fingerprint density at radius 1 is 1.29 bits per heavy atom. The SMILES string of the molecule is CCCNC1CCC(NC(=O)c2ccc(O)cc2F)CC1. The van der Waals surface area contributed by atoms with Gasteiger partial charge < -0.3 is 15.7 Å². The largest absolute Gasteiger partial charge is 0.508 e. The minimum Gasteiger partial charge on any atom is -0.508 e. The van der Waals surface area contributed by atoms with Crippen molar-refractivity contribution >= 4 is 5.91 Å². The van der Waals surface area contributed by atoms with Crippen LogP contribution in [0.2, 0.25) is 0 Å². The van der Waals surface area contributed by atoms with Crippen LogP contribution in [0.1, 0.15) is 49.4 Å². The quantitative estimate of drug-likeness (QED) is 0.782. The highest BCUT2D eigenvalue weighted by Crippen LogP contribution is 2.20. The normalized spacial score (nSPS) is 22.0. The molecule has 1 aliphatic rings. The Balaban J connectivity index is 1.84. The van der Waals surface area contributed by atoms with Gasteiger partial charge in [-0.2, -0.15) is 0 Å². The third kappa shape index (κ3) is 4.43. The van der Waals surface area contributed by atoms with E-state index in [0.717, 1.165) is 44.7 Å². The molecule has 0 saturated heterocycles. The second kappa shape index (κ2) is 7.41.